The van der Waals surface area contributed by atoms with Crippen LogP contribution in [0.15, 0.2) is 4.99 Å². The summed E-state index contributed by atoms with van der Waals surface area (Å²) >= 11 is 0. The lowest BCUT2D eigenvalue weighted by atomic mass is 10.2. The molecule has 0 spiro atoms. The van der Waals surface area contributed by atoms with E-state index in [-0.39, 0.29) is 18.8 Å². The van der Waals surface area contributed by atoms with Crippen molar-refractivity contribution in [3.8, 4) is 0 Å². The van der Waals surface area contributed by atoms with E-state index in [1.165, 1.54) is 0 Å². The predicted octanol–water partition coefficient (Wildman–Crippen LogP) is 0.199. The highest BCUT2D eigenvalue weighted by atomic mass is 16.8. The molecule has 4 nitrogen and oxygen atoms in total. The van der Waals surface area contributed by atoms with E-state index in [2.05, 4.69) is 11.7 Å². The quantitative estimate of drug-likeness (QED) is 0.620. The monoisotopic (exact) mass is 173 g/mol. The molecule has 0 saturated carbocycles. The minimum atomic E-state index is -0.608. The maximum Gasteiger partial charge on any atom is 0.163 e. The lowest BCUT2D eigenvalue weighted by Crippen LogP contribution is -2.28. The molecular formula is C8H15NO3. The number of ether oxygens (including phenoxy) is 2. The molecule has 2 atom stereocenters. The topological polar surface area (TPSA) is 51.0 Å². The molecule has 70 valence electrons. The van der Waals surface area contributed by atoms with Crippen LogP contribution in [0.5, 0.6) is 0 Å². The summed E-state index contributed by atoms with van der Waals surface area (Å²) in [6.45, 7) is 7.44. The highest BCUT2D eigenvalue weighted by Gasteiger charge is 2.40. The smallest absolute Gasteiger partial charge is 0.163 e. The van der Waals surface area contributed by atoms with Crippen LogP contribution in [0.3, 0.4) is 0 Å². The van der Waals surface area contributed by atoms with Crippen LogP contribution in [0, 0.1) is 0 Å². The Morgan fingerprint density at radius 1 is 1.42 bits per heavy atom. The van der Waals surface area contributed by atoms with E-state index >= 15 is 0 Å². The van der Waals surface area contributed by atoms with Crippen LogP contribution in [0.2, 0.25) is 0 Å². The van der Waals surface area contributed by atoms with Gasteiger partial charge in [-0.3, -0.25) is 4.99 Å². The van der Waals surface area contributed by atoms with Gasteiger partial charge in [-0.2, -0.15) is 0 Å². The molecule has 1 N–H and O–H groups in total. The fraction of sp³-hybridized carbons (Fsp3) is 0.875. The molecule has 0 amide bonds. The van der Waals surface area contributed by atoms with E-state index in [1.54, 1.807) is 0 Å². The number of rotatable bonds is 3. The first-order chi connectivity index (χ1) is 5.59. The van der Waals surface area contributed by atoms with Gasteiger partial charge in [-0.25, -0.2) is 0 Å². The zero-order chi connectivity index (χ0) is 9.19. The molecule has 0 aromatic carbocycles. The third-order valence-corrected chi connectivity index (χ3v) is 1.77. The van der Waals surface area contributed by atoms with Gasteiger partial charge in [-0.05, 0) is 20.6 Å². The molecule has 1 aliphatic heterocycles. The first kappa shape index (κ1) is 9.64. The Morgan fingerprint density at radius 2 is 2.00 bits per heavy atom. The fourth-order valence-corrected chi connectivity index (χ4v) is 1.35. The molecule has 0 radical (unpaired) electrons. The van der Waals surface area contributed by atoms with Crippen LogP contribution in [-0.2, 0) is 9.47 Å². The molecule has 1 heterocycles. The minimum absolute atomic E-state index is 0.0381. The predicted molar refractivity (Wildman–Crippen MR) is 45.3 cm³/mol. The van der Waals surface area contributed by atoms with Crippen molar-refractivity contribution in [3.63, 3.8) is 0 Å². The van der Waals surface area contributed by atoms with Crippen molar-refractivity contribution in [2.24, 2.45) is 4.99 Å². The zero-order valence-corrected chi connectivity index (χ0v) is 7.49. The van der Waals surface area contributed by atoms with Crippen LogP contribution in [0.1, 0.15) is 13.8 Å². The van der Waals surface area contributed by atoms with Crippen molar-refractivity contribution in [1.82, 2.24) is 0 Å². The van der Waals surface area contributed by atoms with Gasteiger partial charge in [0.25, 0.3) is 0 Å². The van der Waals surface area contributed by atoms with E-state index in [1.807, 2.05) is 13.8 Å². The number of hydrogen-bond donors (Lipinski definition) is 1. The molecule has 12 heavy (non-hydrogen) atoms. The Hall–Kier alpha value is -0.450. The highest BCUT2D eigenvalue weighted by molar-refractivity contribution is 5.23. The second kappa shape index (κ2) is 3.51. The molecule has 4 heteroatoms. The van der Waals surface area contributed by atoms with Crippen molar-refractivity contribution in [2.45, 2.75) is 31.8 Å². The number of aliphatic imine (C=N–C) groups is 1. The van der Waals surface area contributed by atoms with Crippen molar-refractivity contribution >= 4 is 6.72 Å². The molecular weight excluding hydrogens is 158 g/mol. The summed E-state index contributed by atoms with van der Waals surface area (Å²) < 4.78 is 10.9. The fourth-order valence-electron chi connectivity index (χ4n) is 1.35. The lowest BCUT2D eigenvalue weighted by molar-refractivity contribution is -0.148. The Labute approximate surface area is 72.2 Å². The molecule has 1 unspecified atom stereocenters. The molecule has 1 saturated heterocycles. The van der Waals surface area contributed by atoms with Gasteiger partial charge in [0.15, 0.2) is 5.79 Å². The van der Waals surface area contributed by atoms with Gasteiger partial charge >= 0.3 is 0 Å². The van der Waals surface area contributed by atoms with E-state index in [0.29, 0.717) is 6.54 Å². The number of nitrogens with zero attached hydrogens (tertiary/aromatic N) is 1. The Kier molecular flexibility index (Phi) is 2.82. The first-order valence-corrected chi connectivity index (χ1v) is 3.98. The Morgan fingerprint density at radius 3 is 2.50 bits per heavy atom. The highest BCUT2D eigenvalue weighted by Crippen LogP contribution is 2.27. The van der Waals surface area contributed by atoms with Gasteiger partial charge in [-0.15, -0.1) is 0 Å². The minimum Gasteiger partial charge on any atom is -0.394 e. The lowest BCUT2D eigenvalue weighted by Gasteiger charge is -2.16. The van der Waals surface area contributed by atoms with E-state index in [4.69, 9.17) is 14.6 Å². The summed E-state index contributed by atoms with van der Waals surface area (Å²) in [6.07, 6.45) is -0.437. The summed E-state index contributed by atoms with van der Waals surface area (Å²) in [5, 5.41) is 8.93. The standard InChI is InChI=1S/C8H15NO3/c1-8(2)11-6(4-9-3)7(5-10)12-8/h6-7,10H,3-5H2,1-2H3/t6?,7-/m0/s1. The number of hydrogen-bond acceptors (Lipinski definition) is 4. The van der Waals surface area contributed by atoms with E-state index < -0.39 is 5.79 Å². The van der Waals surface area contributed by atoms with Crippen LogP contribution in [-0.4, -0.2) is 43.0 Å². The Bertz CT molecular complexity index is 170. The van der Waals surface area contributed by atoms with Crippen molar-refractivity contribution in [2.75, 3.05) is 13.2 Å². The normalized spacial score (nSPS) is 33.6. The molecule has 1 rings (SSSR count). The molecule has 0 aliphatic carbocycles. The second-order valence-electron chi connectivity index (χ2n) is 3.30. The van der Waals surface area contributed by atoms with Gasteiger partial charge in [0.05, 0.1) is 13.2 Å². The average molecular weight is 173 g/mol. The maximum absolute atomic E-state index is 8.93. The van der Waals surface area contributed by atoms with Gasteiger partial charge in [-0.1, -0.05) is 0 Å². The summed E-state index contributed by atoms with van der Waals surface area (Å²) in [5.74, 6) is -0.608. The maximum atomic E-state index is 8.93. The summed E-state index contributed by atoms with van der Waals surface area (Å²) in [4.78, 5) is 3.72. The van der Waals surface area contributed by atoms with Crippen LogP contribution in [0.25, 0.3) is 0 Å². The van der Waals surface area contributed by atoms with Crippen molar-refractivity contribution < 1.29 is 14.6 Å². The SMILES string of the molecule is C=NCC1OC(C)(C)O[C@H]1CO. The van der Waals surface area contributed by atoms with Crippen LogP contribution >= 0.6 is 0 Å². The molecule has 0 aromatic rings. The van der Waals surface area contributed by atoms with Gasteiger partial charge in [0.1, 0.15) is 12.2 Å². The molecule has 0 aromatic heterocycles. The van der Waals surface area contributed by atoms with Crippen molar-refractivity contribution in [1.29, 1.82) is 0 Å². The Balaban J connectivity index is 2.56. The average Bonchev–Trinajstić information content (AvgIpc) is 2.26. The van der Waals surface area contributed by atoms with Gasteiger partial charge < -0.3 is 14.6 Å². The summed E-state index contributed by atoms with van der Waals surface area (Å²) in [6, 6.07) is 0. The third kappa shape index (κ3) is 2.03. The van der Waals surface area contributed by atoms with Crippen LogP contribution < -0.4 is 0 Å². The third-order valence-electron chi connectivity index (χ3n) is 1.77. The summed E-state index contributed by atoms with van der Waals surface area (Å²) in [5.41, 5.74) is 0. The number of aliphatic hydroxyl groups is 1. The molecule has 1 fully saturated rings. The van der Waals surface area contributed by atoms with Crippen LogP contribution in [0.4, 0.5) is 0 Å². The molecule has 1 aliphatic rings. The largest absolute Gasteiger partial charge is 0.394 e. The zero-order valence-electron chi connectivity index (χ0n) is 7.49. The first-order valence-electron chi connectivity index (χ1n) is 3.98. The van der Waals surface area contributed by atoms with E-state index in [0.717, 1.165) is 0 Å². The van der Waals surface area contributed by atoms with E-state index in [9.17, 15) is 0 Å². The van der Waals surface area contributed by atoms with Gasteiger partial charge in [0.2, 0.25) is 0 Å². The van der Waals surface area contributed by atoms with Crippen molar-refractivity contribution in [3.05, 3.63) is 0 Å². The molecule has 0 bridgehead atoms. The number of aliphatic hydroxyl groups excluding tert-OH is 1. The van der Waals surface area contributed by atoms with Gasteiger partial charge in [0, 0.05) is 0 Å². The second-order valence-corrected chi connectivity index (χ2v) is 3.30. The summed E-state index contributed by atoms with van der Waals surface area (Å²) in [7, 11) is 0.